The van der Waals surface area contributed by atoms with Crippen LogP contribution in [0.3, 0.4) is 0 Å². The average Bonchev–Trinajstić information content (AvgIpc) is 1.78. The molecule has 0 amide bonds. The zero-order chi connectivity index (χ0) is 10.2. The number of primary sulfonamides is 1. The van der Waals surface area contributed by atoms with Crippen molar-refractivity contribution in [2.24, 2.45) is 5.14 Å². The van der Waals surface area contributed by atoms with E-state index in [9.17, 15) is 12.8 Å². The van der Waals surface area contributed by atoms with E-state index in [1.807, 2.05) is 0 Å². The summed E-state index contributed by atoms with van der Waals surface area (Å²) in [6.07, 6.45) is 0. The van der Waals surface area contributed by atoms with E-state index in [0.29, 0.717) is 0 Å². The van der Waals surface area contributed by atoms with E-state index in [2.05, 4.69) is 0 Å². The highest BCUT2D eigenvalue weighted by molar-refractivity contribution is 7.89. The molecule has 7 heteroatoms. The summed E-state index contributed by atoms with van der Waals surface area (Å²) < 4.78 is 34.3. The van der Waals surface area contributed by atoms with Gasteiger partial charge >= 0.3 is 0 Å². The average molecular weight is 244 g/mol. The largest absolute Gasteiger partial charge is 0.241 e. The van der Waals surface area contributed by atoms with Gasteiger partial charge in [-0.05, 0) is 12.1 Å². The van der Waals surface area contributed by atoms with Gasteiger partial charge in [0.2, 0.25) is 10.0 Å². The number of hydrogen-bond donors (Lipinski definition) is 1. The minimum absolute atomic E-state index is 0.326. The van der Waals surface area contributed by atoms with Gasteiger partial charge in [0.05, 0.1) is 10.0 Å². The molecule has 1 aromatic rings. The second kappa shape index (κ2) is 3.42. The highest BCUT2D eigenvalue weighted by atomic mass is 35.5. The summed E-state index contributed by atoms with van der Waals surface area (Å²) in [7, 11) is -4.01. The molecule has 13 heavy (non-hydrogen) atoms. The zero-order valence-electron chi connectivity index (χ0n) is 6.09. The van der Waals surface area contributed by atoms with Gasteiger partial charge in [0, 0.05) is 0 Å². The van der Waals surface area contributed by atoms with Crippen LogP contribution in [0.4, 0.5) is 4.39 Å². The van der Waals surface area contributed by atoms with E-state index in [-0.39, 0.29) is 10.0 Å². The first-order valence-electron chi connectivity index (χ1n) is 2.99. The molecule has 0 unspecified atom stereocenters. The third-order valence-electron chi connectivity index (χ3n) is 1.25. The monoisotopic (exact) mass is 243 g/mol. The molecule has 0 heterocycles. The van der Waals surface area contributed by atoms with E-state index < -0.39 is 20.7 Å². The van der Waals surface area contributed by atoms with Crippen molar-refractivity contribution in [2.45, 2.75) is 4.90 Å². The normalized spacial score (nSPS) is 11.7. The molecule has 0 atom stereocenters. The van der Waals surface area contributed by atoms with Crippen molar-refractivity contribution in [2.75, 3.05) is 0 Å². The summed E-state index contributed by atoms with van der Waals surface area (Å²) in [6.45, 7) is 0. The topological polar surface area (TPSA) is 60.2 Å². The molecule has 0 radical (unpaired) electrons. The lowest BCUT2D eigenvalue weighted by Crippen LogP contribution is -2.13. The summed E-state index contributed by atoms with van der Waals surface area (Å²) in [6, 6.07) is 1.65. The Balaban J connectivity index is 3.57. The third kappa shape index (κ3) is 2.31. The van der Waals surface area contributed by atoms with Crippen molar-refractivity contribution in [1.82, 2.24) is 0 Å². The lowest BCUT2D eigenvalue weighted by molar-refractivity contribution is 0.596. The van der Waals surface area contributed by atoms with Crippen molar-refractivity contribution in [3.63, 3.8) is 0 Å². The molecule has 1 aromatic carbocycles. The summed E-state index contributed by atoms with van der Waals surface area (Å²) in [4.78, 5) is -0.461. The number of nitrogens with two attached hydrogens (primary N) is 1. The third-order valence-corrected chi connectivity index (χ3v) is 3.08. The fraction of sp³-hybridized carbons (Fsp3) is 0. The van der Waals surface area contributed by atoms with Crippen molar-refractivity contribution in [1.29, 1.82) is 0 Å². The van der Waals surface area contributed by atoms with Crippen LogP contribution in [0.15, 0.2) is 17.0 Å². The number of sulfonamides is 1. The van der Waals surface area contributed by atoms with Gasteiger partial charge in [-0.3, -0.25) is 0 Å². The highest BCUT2D eigenvalue weighted by Gasteiger charge is 2.18. The molecule has 0 fully saturated rings. The molecule has 0 aliphatic heterocycles. The maximum Gasteiger partial charge on any atom is 0.241 e. The molecular weight excluding hydrogens is 240 g/mol. The predicted octanol–water partition coefficient (Wildman–Crippen LogP) is 1.78. The molecule has 0 aromatic heterocycles. The maximum atomic E-state index is 12.6. The first-order valence-corrected chi connectivity index (χ1v) is 5.30. The molecule has 0 aliphatic carbocycles. The molecule has 0 spiro atoms. The summed E-state index contributed by atoms with van der Waals surface area (Å²) in [5.74, 6) is -0.720. The minimum Gasteiger partial charge on any atom is -0.225 e. The molecule has 1 rings (SSSR count). The summed E-state index contributed by atoms with van der Waals surface area (Å²) in [5, 5.41) is 4.14. The van der Waals surface area contributed by atoms with E-state index in [1.54, 1.807) is 0 Å². The smallest absolute Gasteiger partial charge is 0.225 e. The highest BCUT2D eigenvalue weighted by Crippen LogP contribution is 2.29. The SMILES string of the molecule is NS(=O)(=O)c1c(Cl)cc(F)cc1Cl. The van der Waals surface area contributed by atoms with Crippen LogP contribution in [-0.2, 0) is 10.0 Å². The van der Waals surface area contributed by atoms with Crippen molar-refractivity contribution < 1.29 is 12.8 Å². The second-order valence-corrected chi connectivity index (χ2v) is 4.56. The van der Waals surface area contributed by atoms with Gasteiger partial charge in [0.1, 0.15) is 10.7 Å². The maximum absolute atomic E-state index is 12.6. The Kier molecular flexibility index (Phi) is 2.82. The lowest BCUT2D eigenvalue weighted by atomic mass is 10.3. The fourth-order valence-electron chi connectivity index (χ4n) is 0.801. The van der Waals surface area contributed by atoms with Crippen molar-refractivity contribution >= 4 is 33.2 Å². The number of halogens is 3. The predicted molar refractivity (Wildman–Crippen MR) is 47.8 cm³/mol. The molecular formula is C6H4Cl2FNO2S. The van der Waals surface area contributed by atoms with Crippen LogP contribution in [0.25, 0.3) is 0 Å². The van der Waals surface area contributed by atoms with Crippen LogP contribution in [0.1, 0.15) is 0 Å². The first kappa shape index (κ1) is 10.7. The Labute approximate surface area is 84.3 Å². The van der Waals surface area contributed by atoms with Gasteiger partial charge in [0.15, 0.2) is 0 Å². The fourth-order valence-corrected chi connectivity index (χ4v) is 2.57. The molecule has 0 bridgehead atoms. The molecule has 2 N–H and O–H groups in total. The van der Waals surface area contributed by atoms with E-state index >= 15 is 0 Å². The number of hydrogen-bond acceptors (Lipinski definition) is 2. The molecule has 72 valence electrons. The Bertz CT molecular complexity index is 423. The summed E-state index contributed by atoms with van der Waals surface area (Å²) in [5.41, 5.74) is 0. The number of rotatable bonds is 1. The Morgan fingerprint density at radius 1 is 1.23 bits per heavy atom. The quantitative estimate of drug-likeness (QED) is 0.818. The first-order chi connectivity index (χ1) is 5.82. The van der Waals surface area contributed by atoms with Gasteiger partial charge in [-0.15, -0.1) is 0 Å². The van der Waals surface area contributed by atoms with Crippen LogP contribution in [0.5, 0.6) is 0 Å². The Morgan fingerprint density at radius 2 is 1.62 bits per heavy atom. The van der Waals surface area contributed by atoms with Crippen LogP contribution < -0.4 is 5.14 Å². The lowest BCUT2D eigenvalue weighted by Gasteiger charge is -2.03. The van der Waals surface area contributed by atoms with Crippen LogP contribution in [0, 0.1) is 5.82 Å². The van der Waals surface area contributed by atoms with Gasteiger partial charge < -0.3 is 0 Å². The second-order valence-electron chi connectivity index (χ2n) is 2.24. The van der Waals surface area contributed by atoms with Crippen LogP contribution >= 0.6 is 23.2 Å². The van der Waals surface area contributed by atoms with Gasteiger partial charge in [0.25, 0.3) is 0 Å². The van der Waals surface area contributed by atoms with Gasteiger partial charge in [-0.25, -0.2) is 17.9 Å². The zero-order valence-corrected chi connectivity index (χ0v) is 8.42. The van der Waals surface area contributed by atoms with Crippen LogP contribution in [-0.4, -0.2) is 8.42 Å². The standard InChI is InChI=1S/C6H4Cl2FNO2S/c7-4-1-3(9)2-5(8)6(4)13(10,11)12/h1-2H,(H2,10,11,12). The molecule has 0 saturated heterocycles. The van der Waals surface area contributed by atoms with E-state index in [4.69, 9.17) is 28.3 Å². The van der Waals surface area contributed by atoms with Gasteiger partial charge in [-0.2, -0.15) is 0 Å². The Hall–Kier alpha value is -0.360. The molecule has 0 saturated carbocycles. The van der Waals surface area contributed by atoms with Gasteiger partial charge in [-0.1, -0.05) is 23.2 Å². The minimum atomic E-state index is -4.01. The van der Waals surface area contributed by atoms with E-state index in [0.717, 1.165) is 12.1 Å². The van der Waals surface area contributed by atoms with Crippen molar-refractivity contribution in [3.8, 4) is 0 Å². The Morgan fingerprint density at radius 3 is 1.92 bits per heavy atom. The summed E-state index contributed by atoms with van der Waals surface area (Å²) >= 11 is 10.9. The molecule has 3 nitrogen and oxygen atoms in total. The van der Waals surface area contributed by atoms with E-state index in [1.165, 1.54) is 0 Å². The van der Waals surface area contributed by atoms with Crippen LogP contribution in [0.2, 0.25) is 10.0 Å². The number of benzene rings is 1. The van der Waals surface area contributed by atoms with Crippen molar-refractivity contribution in [3.05, 3.63) is 28.0 Å². The molecule has 0 aliphatic rings.